The van der Waals surface area contributed by atoms with Crippen molar-refractivity contribution in [2.24, 2.45) is 0 Å². The minimum absolute atomic E-state index is 0.0705. The van der Waals surface area contributed by atoms with Gasteiger partial charge in [0.05, 0.1) is 17.9 Å². The first-order valence-electron chi connectivity index (χ1n) is 15.3. The Labute approximate surface area is 290 Å². The summed E-state index contributed by atoms with van der Waals surface area (Å²) in [6, 6.07) is 23.2. The summed E-state index contributed by atoms with van der Waals surface area (Å²) in [6.45, 7) is 2.04. The molecular weight excluding hydrogens is 698 g/mol. The van der Waals surface area contributed by atoms with Gasteiger partial charge < -0.3 is 20.7 Å². The lowest BCUT2D eigenvalue weighted by atomic mass is 10.1. The molecule has 0 aliphatic heterocycles. The average Bonchev–Trinajstić information content (AvgIpc) is 3.23. The van der Waals surface area contributed by atoms with Crippen LogP contribution in [-0.2, 0) is 27.2 Å². The van der Waals surface area contributed by atoms with Crippen LogP contribution in [0.2, 0.25) is 0 Å². The Morgan fingerprint density at radius 2 is 1.70 bits per heavy atom. The second kappa shape index (κ2) is 16.6. The molecule has 4 aromatic rings. The fraction of sp³-hybridized carbons (Fsp3) is 0.222. The van der Waals surface area contributed by atoms with Gasteiger partial charge in [0.15, 0.2) is 0 Å². The summed E-state index contributed by atoms with van der Waals surface area (Å²) in [7, 11) is 0. The third-order valence-corrected chi connectivity index (χ3v) is 10.00. The lowest BCUT2D eigenvalue weighted by molar-refractivity contribution is -0.114. The molecular formula is C36H34BrN3O5S2. The van der Waals surface area contributed by atoms with Gasteiger partial charge in [-0.25, -0.2) is 4.79 Å². The Hall–Kier alpha value is -4.19. The highest BCUT2D eigenvalue weighted by atomic mass is 79.9. The molecule has 0 fully saturated rings. The van der Waals surface area contributed by atoms with Crippen molar-refractivity contribution in [2.45, 2.75) is 43.9 Å². The zero-order valence-corrected chi connectivity index (χ0v) is 29.0. The lowest BCUT2D eigenvalue weighted by Crippen LogP contribution is -2.30. The van der Waals surface area contributed by atoms with Crippen LogP contribution in [0.25, 0.3) is 6.08 Å². The van der Waals surface area contributed by atoms with Crippen LogP contribution >= 0.6 is 39.0 Å². The smallest absolute Gasteiger partial charge is 0.341 e. The largest absolute Gasteiger partial charge is 0.462 e. The summed E-state index contributed by atoms with van der Waals surface area (Å²) in [5, 5.41) is 9.12. The second-order valence-corrected chi connectivity index (χ2v) is 13.8. The van der Waals surface area contributed by atoms with Crippen LogP contribution in [0.5, 0.6) is 0 Å². The SMILES string of the molecule is CCOC(=O)c1c(NC(=O)CSc2cccc(NC(=O)/C(=C\c3cccc(Br)c3)NC(=O)c3ccccc3)c2)sc2c1CCCCC2. The Morgan fingerprint density at radius 3 is 2.49 bits per heavy atom. The molecule has 11 heteroatoms. The molecule has 0 saturated heterocycles. The van der Waals surface area contributed by atoms with Crippen molar-refractivity contribution in [2.75, 3.05) is 23.0 Å². The number of hydrogen-bond donors (Lipinski definition) is 3. The minimum Gasteiger partial charge on any atom is -0.462 e. The summed E-state index contributed by atoms with van der Waals surface area (Å²) < 4.78 is 6.17. The number of hydrogen-bond acceptors (Lipinski definition) is 7. The Balaban J connectivity index is 1.26. The van der Waals surface area contributed by atoms with E-state index >= 15 is 0 Å². The number of esters is 1. The Bertz CT molecular complexity index is 1810. The van der Waals surface area contributed by atoms with Crippen LogP contribution in [0.15, 0.2) is 93.9 Å². The zero-order chi connectivity index (χ0) is 33.2. The average molecular weight is 733 g/mol. The van der Waals surface area contributed by atoms with Gasteiger partial charge in [0.25, 0.3) is 11.8 Å². The second-order valence-electron chi connectivity index (χ2n) is 10.7. The number of carbonyl (C=O) groups is 4. The maximum Gasteiger partial charge on any atom is 0.341 e. The van der Waals surface area contributed by atoms with Gasteiger partial charge in [0.1, 0.15) is 10.7 Å². The first-order valence-corrected chi connectivity index (χ1v) is 17.9. The minimum atomic E-state index is -0.502. The highest BCUT2D eigenvalue weighted by molar-refractivity contribution is 9.10. The number of halogens is 1. The molecule has 5 rings (SSSR count). The number of anilines is 2. The van der Waals surface area contributed by atoms with Crippen LogP contribution in [0.1, 0.15) is 62.9 Å². The lowest BCUT2D eigenvalue weighted by Gasteiger charge is -2.12. The van der Waals surface area contributed by atoms with E-state index in [0.717, 1.165) is 57.5 Å². The Morgan fingerprint density at radius 1 is 0.915 bits per heavy atom. The van der Waals surface area contributed by atoms with Crippen LogP contribution < -0.4 is 16.0 Å². The predicted octanol–water partition coefficient (Wildman–Crippen LogP) is 8.10. The van der Waals surface area contributed by atoms with Crippen LogP contribution in [0.3, 0.4) is 0 Å². The van der Waals surface area contributed by atoms with Gasteiger partial charge in [-0.2, -0.15) is 0 Å². The van der Waals surface area contributed by atoms with Crippen molar-refractivity contribution >= 4 is 79.5 Å². The fourth-order valence-corrected chi connectivity index (χ4v) is 7.59. The number of carbonyl (C=O) groups excluding carboxylic acids is 4. The number of thioether (sulfide) groups is 1. The molecule has 3 aromatic carbocycles. The first kappa shape index (κ1) is 34.2. The highest BCUT2D eigenvalue weighted by Crippen LogP contribution is 2.38. The van der Waals surface area contributed by atoms with E-state index in [1.807, 2.05) is 36.4 Å². The first-order chi connectivity index (χ1) is 22.8. The molecule has 1 aromatic heterocycles. The summed E-state index contributed by atoms with van der Waals surface area (Å²) >= 11 is 6.22. The van der Waals surface area contributed by atoms with Gasteiger partial charge in [0.2, 0.25) is 5.91 Å². The van der Waals surface area contributed by atoms with E-state index < -0.39 is 17.8 Å². The van der Waals surface area contributed by atoms with Gasteiger partial charge in [0, 0.05) is 25.5 Å². The summed E-state index contributed by atoms with van der Waals surface area (Å²) in [6.07, 6.45) is 6.49. The quantitative estimate of drug-likeness (QED) is 0.0622. The Kier molecular flexibility index (Phi) is 12.0. The van der Waals surface area contributed by atoms with Gasteiger partial charge >= 0.3 is 5.97 Å². The highest BCUT2D eigenvalue weighted by Gasteiger charge is 2.26. The number of nitrogens with one attached hydrogen (secondary N) is 3. The molecule has 0 atom stereocenters. The van der Waals surface area contributed by atoms with Crippen LogP contribution in [0.4, 0.5) is 10.7 Å². The van der Waals surface area contributed by atoms with E-state index in [1.54, 1.807) is 55.5 Å². The monoisotopic (exact) mass is 731 g/mol. The third-order valence-electron chi connectivity index (χ3n) is 7.30. The molecule has 3 amide bonds. The van der Waals surface area contributed by atoms with Crippen LogP contribution in [-0.4, -0.2) is 36.1 Å². The molecule has 1 aliphatic carbocycles. The normalized spacial score (nSPS) is 12.8. The van der Waals surface area contributed by atoms with E-state index in [2.05, 4.69) is 31.9 Å². The molecule has 8 nitrogen and oxygen atoms in total. The molecule has 0 saturated carbocycles. The fourth-order valence-electron chi connectivity index (χ4n) is 5.13. The molecule has 1 aliphatic rings. The maximum atomic E-state index is 13.5. The molecule has 242 valence electrons. The molecule has 47 heavy (non-hydrogen) atoms. The molecule has 3 N–H and O–H groups in total. The van der Waals surface area contributed by atoms with E-state index in [0.29, 0.717) is 21.8 Å². The van der Waals surface area contributed by atoms with E-state index in [9.17, 15) is 19.2 Å². The molecule has 0 spiro atoms. The summed E-state index contributed by atoms with van der Waals surface area (Å²) in [4.78, 5) is 54.3. The number of fused-ring (bicyclic) bond motifs is 1. The van der Waals surface area contributed by atoms with Crippen molar-refractivity contribution in [1.82, 2.24) is 5.32 Å². The summed E-state index contributed by atoms with van der Waals surface area (Å²) in [5.41, 5.74) is 3.21. The molecule has 1 heterocycles. The van der Waals surface area contributed by atoms with Crippen molar-refractivity contribution in [3.05, 3.63) is 116 Å². The molecule has 0 unspecified atom stereocenters. The zero-order valence-electron chi connectivity index (χ0n) is 25.8. The number of ether oxygens (including phenoxy) is 1. The number of aryl methyl sites for hydroxylation is 1. The topological polar surface area (TPSA) is 114 Å². The van der Waals surface area contributed by atoms with Gasteiger partial charge in [-0.3, -0.25) is 14.4 Å². The predicted molar refractivity (Wildman–Crippen MR) is 192 cm³/mol. The van der Waals surface area contributed by atoms with Crippen molar-refractivity contribution in [3.63, 3.8) is 0 Å². The van der Waals surface area contributed by atoms with Gasteiger partial charge in [-0.05, 0) is 92.3 Å². The van der Waals surface area contributed by atoms with Crippen LogP contribution in [0, 0.1) is 0 Å². The van der Waals surface area contributed by atoms with E-state index in [1.165, 1.54) is 23.1 Å². The molecule has 0 radical (unpaired) electrons. The van der Waals surface area contributed by atoms with E-state index in [4.69, 9.17) is 4.74 Å². The maximum absolute atomic E-state index is 13.5. The number of benzene rings is 3. The third kappa shape index (κ3) is 9.43. The number of thiophene rings is 1. The standard InChI is InChI=1S/C36H34BrN3O5S2/c1-2-45-36(44)32-28-17-7-4-8-18-30(28)47-35(32)40-31(41)22-46-27-16-10-15-26(21-27)38-34(43)29(20-23-11-9-14-25(37)19-23)39-33(42)24-12-5-3-6-13-24/h3,5-6,9-16,19-21H,2,4,7-8,17-18,22H2,1H3,(H,38,43)(H,39,42)(H,40,41)/b29-20+. The van der Waals surface area contributed by atoms with Crippen molar-refractivity contribution in [3.8, 4) is 0 Å². The van der Waals surface area contributed by atoms with Gasteiger partial charge in [-0.15, -0.1) is 23.1 Å². The molecule has 0 bridgehead atoms. The van der Waals surface area contributed by atoms with E-state index in [-0.39, 0.29) is 24.0 Å². The van der Waals surface area contributed by atoms with Crippen molar-refractivity contribution < 1.29 is 23.9 Å². The van der Waals surface area contributed by atoms with Crippen molar-refractivity contribution in [1.29, 1.82) is 0 Å². The number of amides is 3. The van der Waals surface area contributed by atoms with Gasteiger partial charge in [-0.1, -0.05) is 58.7 Å². The summed E-state index contributed by atoms with van der Waals surface area (Å²) in [5.74, 6) is -1.45. The number of rotatable bonds is 11.